The number of carbonyl (C=O) groups is 1. The molecular weight excluding hydrogens is 456 g/mol. The molecule has 0 aliphatic heterocycles. The summed E-state index contributed by atoms with van der Waals surface area (Å²) in [4.78, 5) is 13.0. The van der Waals surface area contributed by atoms with Crippen LogP contribution in [0.2, 0.25) is 0 Å². The number of amides is 1. The molecule has 2 N–H and O–H groups in total. The third-order valence-corrected chi connectivity index (χ3v) is 6.02. The number of para-hydroxylation sites is 1. The van der Waals surface area contributed by atoms with E-state index in [2.05, 4.69) is 15.5 Å². The van der Waals surface area contributed by atoms with E-state index in [1.165, 1.54) is 0 Å². The van der Waals surface area contributed by atoms with Crippen molar-refractivity contribution in [2.45, 2.75) is 20.0 Å². The van der Waals surface area contributed by atoms with E-state index < -0.39 is 0 Å². The number of aromatic amines is 1. The largest absolute Gasteiger partial charge is 0.350 e. The highest BCUT2D eigenvalue weighted by atomic mass is 32.1. The molecule has 35 heavy (non-hydrogen) atoms. The molecule has 0 saturated heterocycles. The van der Waals surface area contributed by atoms with Crippen LogP contribution in [0.5, 0.6) is 0 Å². The van der Waals surface area contributed by atoms with Gasteiger partial charge in [0.2, 0.25) is 5.91 Å². The molecule has 3 aromatic carbocycles. The lowest BCUT2D eigenvalue weighted by molar-refractivity contribution is -0.121. The smallest absolute Gasteiger partial charge is 0.240 e. The van der Waals surface area contributed by atoms with Gasteiger partial charge >= 0.3 is 0 Å². The van der Waals surface area contributed by atoms with Crippen molar-refractivity contribution in [2.75, 3.05) is 0 Å². The van der Waals surface area contributed by atoms with Crippen molar-refractivity contribution in [1.29, 1.82) is 0 Å². The Morgan fingerprint density at radius 1 is 0.943 bits per heavy atom. The molecule has 5 aromatic rings. The van der Waals surface area contributed by atoms with Crippen LogP contribution in [0.1, 0.15) is 11.1 Å². The third-order valence-electron chi connectivity index (χ3n) is 5.70. The minimum Gasteiger partial charge on any atom is -0.350 e. The number of nitrogens with one attached hydrogen (secondary N) is 2. The highest BCUT2D eigenvalue weighted by Gasteiger charge is 2.15. The zero-order valence-corrected chi connectivity index (χ0v) is 20.0. The van der Waals surface area contributed by atoms with Gasteiger partial charge in [0.05, 0.1) is 11.4 Å². The van der Waals surface area contributed by atoms with Gasteiger partial charge < -0.3 is 5.32 Å². The van der Waals surface area contributed by atoms with E-state index in [4.69, 9.17) is 17.3 Å². The third kappa shape index (κ3) is 4.97. The number of hydrogen-bond acceptors (Lipinski definition) is 4. The molecule has 174 valence electrons. The summed E-state index contributed by atoms with van der Waals surface area (Å²) in [5.74, 6) is 0.467. The van der Waals surface area contributed by atoms with Gasteiger partial charge in [0.25, 0.3) is 0 Å². The lowest BCUT2D eigenvalue weighted by Gasteiger charge is -2.09. The maximum atomic E-state index is 13.0. The molecule has 8 heteroatoms. The van der Waals surface area contributed by atoms with Crippen molar-refractivity contribution in [3.8, 4) is 28.3 Å². The van der Waals surface area contributed by atoms with E-state index >= 15 is 0 Å². The first-order chi connectivity index (χ1) is 17.1. The lowest BCUT2D eigenvalue weighted by atomic mass is 10.1. The summed E-state index contributed by atoms with van der Waals surface area (Å²) >= 11 is 5.39. The van der Waals surface area contributed by atoms with Crippen LogP contribution >= 0.6 is 12.2 Å². The first-order valence-corrected chi connectivity index (χ1v) is 11.7. The van der Waals surface area contributed by atoms with Gasteiger partial charge in [-0.25, -0.2) is 4.68 Å². The summed E-state index contributed by atoms with van der Waals surface area (Å²) in [7, 11) is 0. The van der Waals surface area contributed by atoms with Gasteiger partial charge in [0.1, 0.15) is 6.54 Å². The Balaban J connectivity index is 1.37. The van der Waals surface area contributed by atoms with Gasteiger partial charge in [0.15, 0.2) is 10.6 Å². The van der Waals surface area contributed by atoms with Gasteiger partial charge in [-0.05, 0) is 31.3 Å². The topological polar surface area (TPSA) is 80.5 Å². The zero-order valence-electron chi connectivity index (χ0n) is 19.2. The molecule has 7 nitrogen and oxygen atoms in total. The monoisotopic (exact) mass is 480 g/mol. The number of rotatable bonds is 7. The van der Waals surface area contributed by atoms with Gasteiger partial charge in [-0.1, -0.05) is 78.4 Å². The molecule has 5 rings (SSSR count). The van der Waals surface area contributed by atoms with Crippen LogP contribution in [-0.4, -0.2) is 30.5 Å². The van der Waals surface area contributed by atoms with Crippen LogP contribution in [0, 0.1) is 11.7 Å². The minimum atomic E-state index is -0.165. The maximum Gasteiger partial charge on any atom is 0.240 e. The molecule has 0 aliphatic carbocycles. The van der Waals surface area contributed by atoms with Crippen molar-refractivity contribution in [2.24, 2.45) is 0 Å². The quantitative estimate of drug-likeness (QED) is 0.318. The average molecular weight is 481 g/mol. The first-order valence-electron chi connectivity index (χ1n) is 11.3. The molecule has 0 fully saturated rings. The van der Waals surface area contributed by atoms with Crippen molar-refractivity contribution >= 4 is 18.1 Å². The number of aromatic nitrogens is 5. The molecule has 2 heterocycles. The van der Waals surface area contributed by atoms with E-state index in [0.29, 0.717) is 17.1 Å². The van der Waals surface area contributed by atoms with Crippen LogP contribution in [-0.2, 0) is 17.9 Å². The SMILES string of the molecule is Cc1ccc(-c2n[nH]c(=S)n2CC(=O)NCc2cn(-c3ccccc3)nc2-c2ccccc2)cc1. The van der Waals surface area contributed by atoms with Crippen LogP contribution in [0.25, 0.3) is 28.3 Å². The number of nitrogens with zero attached hydrogens (tertiary/aromatic N) is 4. The van der Waals surface area contributed by atoms with Crippen LogP contribution in [0.15, 0.2) is 91.1 Å². The molecular formula is C27H24N6OS. The first kappa shape index (κ1) is 22.5. The van der Waals surface area contributed by atoms with Crippen LogP contribution in [0.3, 0.4) is 0 Å². The summed E-state index contributed by atoms with van der Waals surface area (Å²) in [5.41, 5.74) is 5.74. The van der Waals surface area contributed by atoms with Crippen molar-refractivity contribution in [3.63, 3.8) is 0 Å². The van der Waals surface area contributed by atoms with Crippen molar-refractivity contribution < 1.29 is 4.79 Å². The normalized spacial score (nSPS) is 10.9. The maximum absolute atomic E-state index is 13.0. The molecule has 0 bridgehead atoms. The molecule has 0 radical (unpaired) electrons. The summed E-state index contributed by atoms with van der Waals surface area (Å²) in [5, 5.41) is 15.0. The standard InChI is InChI=1S/C27H24N6OS/c1-19-12-14-21(15-13-19)26-29-30-27(35)32(26)18-24(34)28-16-22-17-33(23-10-6-3-7-11-23)31-25(22)20-8-4-2-5-9-20/h2-15,17H,16,18H2,1H3,(H,28,34)(H,30,35). The second-order valence-electron chi connectivity index (χ2n) is 8.23. The number of benzene rings is 3. The molecule has 0 saturated carbocycles. The van der Waals surface area contributed by atoms with E-state index in [1.54, 1.807) is 4.57 Å². The predicted octanol–water partition coefficient (Wildman–Crippen LogP) is 5.09. The minimum absolute atomic E-state index is 0.0615. The number of hydrogen-bond donors (Lipinski definition) is 2. The van der Waals surface area contributed by atoms with Gasteiger partial charge in [-0.3, -0.25) is 14.5 Å². The Hall–Kier alpha value is -4.30. The van der Waals surface area contributed by atoms with E-state index in [9.17, 15) is 4.79 Å². The number of aryl methyl sites for hydroxylation is 1. The fourth-order valence-electron chi connectivity index (χ4n) is 3.87. The fraction of sp³-hybridized carbons (Fsp3) is 0.111. The fourth-order valence-corrected chi connectivity index (χ4v) is 4.07. The van der Waals surface area contributed by atoms with E-state index in [1.807, 2.05) is 103 Å². The average Bonchev–Trinajstić information content (AvgIpc) is 3.48. The number of carbonyl (C=O) groups excluding carboxylic acids is 1. The summed E-state index contributed by atoms with van der Waals surface area (Å²) in [6.45, 7) is 2.42. The molecule has 0 spiro atoms. The van der Waals surface area contributed by atoms with Gasteiger partial charge in [-0.15, -0.1) is 0 Å². The number of H-pyrrole nitrogens is 1. The Kier molecular flexibility index (Phi) is 6.36. The summed E-state index contributed by atoms with van der Waals surface area (Å²) < 4.78 is 3.95. The Morgan fingerprint density at radius 2 is 1.63 bits per heavy atom. The summed E-state index contributed by atoms with van der Waals surface area (Å²) in [6, 6.07) is 27.8. The van der Waals surface area contributed by atoms with Crippen LogP contribution in [0.4, 0.5) is 0 Å². The van der Waals surface area contributed by atoms with E-state index in [0.717, 1.165) is 33.6 Å². The molecule has 2 aromatic heterocycles. The second kappa shape index (κ2) is 9.90. The molecule has 0 aliphatic rings. The highest BCUT2D eigenvalue weighted by Crippen LogP contribution is 2.24. The molecule has 1 amide bonds. The molecule has 0 unspecified atom stereocenters. The second-order valence-corrected chi connectivity index (χ2v) is 8.62. The van der Waals surface area contributed by atoms with Crippen molar-refractivity contribution in [1.82, 2.24) is 29.9 Å². The van der Waals surface area contributed by atoms with Crippen molar-refractivity contribution in [3.05, 3.63) is 107 Å². The van der Waals surface area contributed by atoms with Crippen LogP contribution < -0.4 is 5.32 Å². The Bertz CT molecular complexity index is 1500. The lowest BCUT2D eigenvalue weighted by Crippen LogP contribution is -2.27. The zero-order chi connectivity index (χ0) is 24.2. The Morgan fingerprint density at radius 3 is 2.34 bits per heavy atom. The Labute approximate surface area is 208 Å². The summed E-state index contributed by atoms with van der Waals surface area (Å²) in [6.07, 6.45) is 1.96. The predicted molar refractivity (Wildman–Crippen MR) is 138 cm³/mol. The highest BCUT2D eigenvalue weighted by molar-refractivity contribution is 7.71. The van der Waals surface area contributed by atoms with Gasteiger partial charge in [-0.2, -0.15) is 10.2 Å². The van der Waals surface area contributed by atoms with Gasteiger partial charge in [0, 0.05) is 29.4 Å². The molecule has 0 atom stereocenters. The van der Waals surface area contributed by atoms with E-state index in [-0.39, 0.29) is 12.5 Å².